The van der Waals surface area contributed by atoms with Gasteiger partial charge in [-0.05, 0) is 19.3 Å². The Morgan fingerprint density at radius 3 is 2.00 bits per heavy atom. The van der Waals surface area contributed by atoms with Gasteiger partial charge in [0.25, 0.3) is 0 Å². The molecular formula is C15H32O. The SMILES string of the molecule is CCCCCCCCC(CCC)OCCC. The van der Waals surface area contributed by atoms with Gasteiger partial charge in [-0.15, -0.1) is 0 Å². The van der Waals surface area contributed by atoms with Crippen molar-refractivity contribution in [2.75, 3.05) is 6.61 Å². The quantitative estimate of drug-likeness (QED) is 0.410. The Labute approximate surface area is 103 Å². The summed E-state index contributed by atoms with van der Waals surface area (Å²) in [4.78, 5) is 0. The first-order valence-corrected chi connectivity index (χ1v) is 7.46. The molecule has 0 aromatic carbocycles. The van der Waals surface area contributed by atoms with E-state index in [-0.39, 0.29) is 0 Å². The molecule has 0 heterocycles. The second kappa shape index (κ2) is 13.0. The van der Waals surface area contributed by atoms with E-state index in [0.717, 1.165) is 13.0 Å². The Morgan fingerprint density at radius 1 is 0.688 bits per heavy atom. The van der Waals surface area contributed by atoms with Crippen molar-refractivity contribution in [1.29, 1.82) is 0 Å². The number of ether oxygens (including phenoxy) is 1. The van der Waals surface area contributed by atoms with Gasteiger partial charge in [0.15, 0.2) is 0 Å². The van der Waals surface area contributed by atoms with Crippen LogP contribution >= 0.6 is 0 Å². The normalized spacial score (nSPS) is 12.9. The molecule has 0 bridgehead atoms. The minimum atomic E-state index is 0.538. The van der Waals surface area contributed by atoms with Gasteiger partial charge in [-0.3, -0.25) is 0 Å². The van der Waals surface area contributed by atoms with Gasteiger partial charge in [-0.1, -0.05) is 65.7 Å². The highest BCUT2D eigenvalue weighted by Gasteiger charge is 2.06. The molecule has 1 atom stereocenters. The van der Waals surface area contributed by atoms with Gasteiger partial charge in [0.2, 0.25) is 0 Å². The fraction of sp³-hybridized carbons (Fsp3) is 1.00. The zero-order valence-corrected chi connectivity index (χ0v) is 11.8. The Bertz CT molecular complexity index is 123. The summed E-state index contributed by atoms with van der Waals surface area (Å²) in [6, 6.07) is 0. The molecule has 0 aromatic rings. The van der Waals surface area contributed by atoms with Gasteiger partial charge >= 0.3 is 0 Å². The van der Waals surface area contributed by atoms with Crippen molar-refractivity contribution in [2.45, 2.75) is 91.1 Å². The molecule has 0 aromatic heterocycles. The molecule has 0 aliphatic carbocycles. The van der Waals surface area contributed by atoms with Crippen LogP contribution in [0.4, 0.5) is 0 Å². The standard InChI is InChI=1S/C15H32O/c1-4-7-8-9-10-11-13-15(12-5-2)16-14-6-3/h15H,4-14H2,1-3H3. The van der Waals surface area contributed by atoms with Crippen molar-refractivity contribution in [2.24, 2.45) is 0 Å². The van der Waals surface area contributed by atoms with Crippen LogP contribution in [0.25, 0.3) is 0 Å². The summed E-state index contributed by atoms with van der Waals surface area (Å²) < 4.78 is 5.86. The Kier molecular flexibility index (Phi) is 13.0. The monoisotopic (exact) mass is 228 g/mol. The highest BCUT2D eigenvalue weighted by atomic mass is 16.5. The number of hydrogen-bond donors (Lipinski definition) is 0. The Balaban J connectivity index is 3.36. The molecule has 1 heteroatoms. The fourth-order valence-electron chi connectivity index (χ4n) is 2.07. The third-order valence-corrected chi connectivity index (χ3v) is 3.05. The van der Waals surface area contributed by atoms with Crippen LogP contribution < -0.4 is 0 Å². The highest BCUT2D eigenvalue weighted by molar-refractivity contribution is 4.58. The van der Waals surface area contributed by atoms with Gasteiger partial charge in [0.05, 0.1) is 6.10 Å². The lowest BCUT2D eigenvalue weighted by Gasteiger charge is -2.16. The van der Waals surface area contributed by atoms with Crippen molar-refractivity contribution in [3.05, 3.63) is 0 Å². The molecule has 1 unspecified atom stereocenters. The summed E-state index contributed by atoms with van der Waals surface area (Å²) in [7, 11) is 0. The minimum Gasteiger partial charge on any atom is -0.378 e. The molecule has 0 aliphatic heterocycles. The van der Waals surface area contributed by atoms with E-state index in [9.17, 15) is 0 Å². The third kappa shape index (κ3) is 10.5. The second-order valence-electron chi connectivity index (χ2n) is 4.84. The molecule has 0 rings (SSSR count). The van der Waals surface area contributed by atoms with Crippen molar-refractivity contribution in [3.63, 3.8) is 0 Å². The van der Waals surface area contributed by atoms with Gasteiger partial charge in [0, 0.05) is 6.61 Å². The van der Waals surface area contributed by atoms with Crippen molar-refractivity contribution in [1.82, 2.24) is 0 Å². The van der Waals surface area contributed by atoms with Gasteiger partial charge in [-0.2, -0.15) is 0 Å². The minimum absolute atomic E-state index is 0.538. The van der Waals surface area contributed by atoms with Crippen molar-refractivity contribution >= 4 is 0 Å². The first-order valence-electron chi connectivity index (χ1n) is 7.46. The lowest BCUT2D eigenvalue weighted by atomic mass is 10.0. The van der Waals surface area contributed by atoms with E-state index in [1.54, 1.807) is 0 Å². The second-order valence-corrected chi connectivity index (χ2v) is 4.84. The smallest absolute Gasteiger partial charge is 0.0575 e. The lowest BCUT2D eigenvalue weighted by molar-refractivity contribution is 0.0398. The number of unbranched alkanes of at least 4 members (excludes halogenated alkanes) is 5. The molecule has 98 valence electrons. The molecule has 0 aliphatic rings. The maximum Gasteiger partial charge on any atom is 0.0575 e. The Hall–Kier alpha value is -0.0400. The van der Waals surface area contributed by atoms with Crippen LogP contribution in [0.3, 0.4) is 0 Å². The molecule has 0 radical (unpaired) electrons. The molecule has 0 fully saturated rings. The van der Waals surface area contributed by atoms with E-state index in [2.05, 4.69) is 20.8 Å². The highest BCUT2D eigenvalue weighted by Crippen LogP contribution is 2.14. The van der Waals surface area contributed by atoms with E-state index in [1.165, 1.54) is 57.8 Å². The summed E-state index contributed by atoms with van der Waals surface area (Å²) in [5, 5.41) is 0. The molecule has 0 saturated heterocycles. The largest absolute Gasteiger partial charge is 0.378 e. The molecule has 0 N–H and O–H groups in total. The first-order chi connectivity index (χ1) is 7.85. The van der Waals surface area contributed by atoms with E-state index in [1.807, 2.05) is 0 Å². The predicted octanol–water partition coefficient (Wildman–Crippen LogP) is 5.33. The molecule has 16 heavy (non-hydrogen) atoms. The molecule has 0 amide bonds. The Morgan fingerprint density at radius 2 is 1.38 bits per heavy atom. The topological polar surface area (TPSA) is 9.23 Å². The fourth-order valence-corrected chi connectivity index (χ4v) is 2.07. The van der Waals surface area contributed by atoms with Crippen molar-refractivity contribution < 1.29 is 4.74 Å². The third-order valence-electron chi connectivity index (χ3n) is 3.05. The van der Waals surface area contributed by atoms with Crippen LogP contribution in [0.1, 0.15) is 85.0 Å². The van der Waals surface area contributed by atoms with Crippen LogP contribution in [0.15, 0.2) is 0 Å². The summed E-state index contributed by atoms with van der Waals surface area (Å²) in [5.41, 5.74) is 0. The zero-order valence-electron chi connectivity index (χ0n) is 11.8. The molecule has 0 saturated carbocycles. The molecule has 1 nitrogen and oxygen atoms in total. The van der Waals surface area contributed by atoms with Crippen LogP contribution in [0.5, 0.6) is 0 Å². The average Bonchev–Trinajstić information content (AvgIpc) is 2.30. The number of hydrogen-bond acceptors (Lipinski definition) is 1. The molecular weight excluding hydrogens is 196 g/mol. The first kappa shape index (κ1) is 16.0. The van der Waals surface area contributed by atoms with Gasteiger partial charge in [0.1, 0.15) is 0 Å². The van der Waals surface area contributed by atoms with Crippen LogP contribution in [0, 0.1) is 0 Å². The lowest BCUT2D eigenvalue weighted by Crippen LogP contribution is -2.13. The summed E-state index contributed by atoms with van der Waals surface area (Å²) in [6.45, 7) is 7.66. The predicted molar refractivity (Wildman–Crippen MR) is 72.9 cm³/mol. The van der Waals surface area contributed by atoms with Crippen LogP contribution in [-0.4, -0.2) is 12.7 Å². The van der Waals surface area contributed by atoms with Crippen LogP contribution in [-0.2, 0) is 4.74 Å². The zero-order chi connectivity index (χ0) is 12.1. The number of rotatable bonds is 12. The molecule has 0 spiro atoms. The average molecular weight is 228 g/mol. The summed E-state index contributed by atoms with van der Waals surface area (Å²) in [5.74, 6) is 0. The van der Waals surface area contributed by atoms with Gasteiger partial charge in [-0.25, -0.2) is 0 Å². The van der Waals surface area contributed by atoms with E-state index in [4.69, 9.17) is 4.74 Å². The van der Waals surface area contributed by atoms with Crippen molar-refractivity contribution in [3.8, 4) is 0 Å². The maximum absolute atomic E-state index is 5.86. The van der Waals surface area contributed by atoms with Gasteiger partial charge < -0.3 is 4.74 Å². The summed E-state index contributed by atoms with van der Waals surface area (Å²) in [6.07, 6.45) is 13.8. The van der Waals surface area contributed by atoms with E-state index >= 15 is 0 Å². The van der Waals surface area contributed by atoms with E-state index < -0.39 is 0 Å². The maximum atomic E-state index is 5.86. The van der Waals surface area contributed by atoms with E-state index in [0.29, 0.717) is 6.10 Å². The van der Waals surface area contributed by atoms with Crippen LogP contribution in [0.2, 0.25) is 0 Å². The summed E-state index contributed by atoms with van der Waals surface area (Å²) >= 11 is 0.